The Morgan fingerprint density at radius 2 is 2.33 bits per heavy atom. The highest BCUT2D eigenvalue weighted by molar-refractivity contribution is 7.22. The van der Waals surface area contributed by atoms with Crippen LogP contribution < -0.4 is 0 Å². The third kappa shape index (κ3) is 2.84. The number of thiazole rings is 1. The van der Waals surface area contributed by atoms with Gasteiger partial charge in [-0.25, -0.2) is 14.6 Å². The van der Waals surface area contributed by atoms with Gasteiger partial charge in [0.2, 0.25) is 6.10 Å². The summed E-state index contributed by atoms with van der Waals surface area (Å²) in [6, 6.07) is 3.89. The van der Waals surface area contributed by atoms with Crippen molar-refractivity contribution >= 4 is 34.6 Å². The molecule has 0 unspecified atom stereocenters. The van der Waals surface area contributed by atoms with Crippen LogP contribution in [-0.4, -0.2) is 29.1 Å². The predicted molar refractivity (Wildman–Crippen MR) is 79.5 cm³/mol. The van der Waals surface area contributed by atoms with Crippen molar-refractivity contribution in [1.82, 2.24) is 4.98 Å². The maximum Gasteiger partial charge on any atom is 0.351 e. The van der Waals surface area contributed by atoms with Gasteiger partial charge < -0.3 is 9.47 Å². The van der Waals surface area contributed by atoms with E-state index in [0.717, 1.165) is 9.88 Å². The summed E-state index contributed by atoms with van der Waals surface area (Å²) < 4.78 is 10.2. The van der Waals surface area contributed by atoms with Crippen molar-refractivity contribution in [3.05, 3.63) is 28.1 Å². The Bertz CT molecular complexity index is 677. The number of thiophene rings is 1. The monoisotopic (exact) mass is 323 g/mol. The summed E-state index contributed by atoms with van der Waals surface area (Å²) in [5, 5.41) is 2.75. The predicted octanol–water partition coefficient (Wildman–Crippen LogP) is 3.04. The Kier molecular flexibility index (Phi) is 3.77. The molecule has 3 heterocycles. The summed E-state index contributed by atoms with van der Waals surface area (Å²) >= 11 is 2.85. The van der Waals surface area contributed by atoms with E-state index in [2.05, 4.69) is 4.98 Å². The Hall–Kier alpha value is -1.73. The average Bonchev–Trinajstić information content (AvgIpc) is 3.11. The number of aromatic nitrogens is 1. The number of rotatable bonds is 3. The Morgan fingerprint density at radius 1 is 1.52 bits per heavy atom. The fourth-order valence-electron chi connectivity index (χ4n) is 2.09. The zero-order valence-electron chi connectivity index (χ0n) is 11.5. The number of ether oxygens (including phenoxy) is 2. The van der Waals surface area contributed by atoms with Crippen LogP contribution in [0.15, 0.2) is 17.5 Å². The molecule has 2 atom stereocenters. The molecule has 3 rings (SSSR count). The van der Waals surface area contributed by atoms with Gasteiger partial charge in [0.25, 0.3) is 0 Å². The molecule has 0 amide bonds. The van der Waals surface area contributed by atoms with Crippen LogP contribution in [0.3, 0.4) is 0 Å². The van der Waals surface area contributed by atoms with Crippen LogP contribution in [0.2, 0.25) is 0 Å². The van der Waals surface area contributed by atoms with E-state index < -0.39 is 18.0 Å². The Balaban J connectivity index is 1.78. The molecule has 1 fully saturated rings. The zero-order chi connectivity index (χ0) is 15.0. The molecule has 1 aliphatic rings. The van der Waals surface area contributed by atoms with Crippen molar-refractivity contribution in [3.63, 3.8) is 0 Å². The molecular weight excluding hydrogens is 310 g/mol. The number of hydrogen-bond donors (Lipinski definition) is 0. The highest BCUT2D eigenvalue weighted by atomic mass is 32.1. The normalized spacial score (nSPS) is 21.3. The van der Waals surface area contributed by atoms with E-state index in [1.807, 2.05) is 17.5 Å². The summed E-state index contributed by atoms with van der Waals surface area (Å²) in [6.07, 6.45) is -0.612. The standard InChI is InChI=1S/C14H13NO4S2/c1-7-6-9(13(16)18-7)19-14(17)11-8(2)15-12(21-11)10-4-3-5-20-10/h3-5,7,9H,6H2,1-2H3/t7-,9-/m0/s1. The molecule has 0 N–H and O–H groups in total. The lowest BCUT2D eigenvalue weighted by Gasteiger charge is -2.06. The van der Waals surface area contributed by atoms with E-state index in [-0.39, 0.29) is 6.10 Å². The van der Waals surface area contributed by atoms with Crippen molar-refractivity contribution < 1.29 is 19.1 Å². The Morgan fingerprint density at radius 3 is 2.95 bits per heavy atom. The molecule has 0 bridgehead atoms. The van der Waals surface area contributed by atoms with Crippen LogP contribution in [-0.2, 0) is 14.3 Å². The fraction of sp³-hybridized carbons (Fsp3) is 0.357. The SMILES string of the molecule is Cc1nc(-c2cccs2)sc1C(=O)O[C@H]1C[C@H](C)OC1=O. The molecule has 110 valence electrons. The van der Waals surface area contributed by atoms with E-state index in [9.17, 15) is 9.59 Å². The summed E-state index contributed by atoms with van der Waals surface area (Å²) in [7, 11) is 0. The van der Waals surface area contributed by atoms with Crippen molar-refractivity contribution in [3.8, 4) is 9.88 Å². The quantitative estimate of drug-likeness (QED) is 0.812. The third-order valence-corrected chi connectivity index (χ3v) is 5.27. The van der Waals surface area contributed by atoms with Crippen molar-refractivity contribution in [2.45, 2.75) is 32.5 Å². The molecule has 1 saturated heterocycles. The van der Waals surface area contributed by atoms with Gasteiger partial charge in [0, 0.05) is 6.42 Å². The van der Waals surface area contributed by atoms with Gasteiger partial charge in [-0.3, -0.25) is 0 Å². The maximum absolute atomic E-state index is 12.2. The molecule has 2 aromatic rings. The first-order chi connectivity index (χ1) is 10.0. The molecular formula is C14H13NO4S2. The van der Waals surface area contributed by atoms with Crippen LogP contribution in [0.25, 0.3) is 9.88 Å². The van der Waals surface area contributed by atoms with Crippen LogP contribution in [0, 0.1) is 6.92 Å². The number of cyclic esters (lactones) is 1. The van der Waals surface area contributed by atoms with Gasteiger partial charge in [-0.2, -0.15) is 0 Å². The van der Waals surface area contributed by atoms with Crippen LogP contribution in [0.1, 0.15) is 28.7 Å². The molecule has 21 heavy (non-hydrogen) atoms. The molecule has 5 nitrogen and oxygen atoms in total. The van der Waals surface area contributed by atoms with Gasteiger partial charge in [0.15, 0.2) is 0 Å². The van der Waals surface area contributed by atoms with E-state index >= 15 is 0 Å². The van der Waals surface area contributed by atoms with Crippen LogP contribution in [0.4, 0.5) is 0 Å². The lowest BCUT2D eigenvalue weighted by atomic mass is 10.2. The van der Waals surface area contributed by atoms with Crippen molar-refractivity contribution in [2.24, 2.45) is 0 Å². The average molecular weight is 323 g/mol. The van der Waals surface area contributed by atoms with Gasteiger partial charge in [0.05, 0.1) is 10.6 Å². The smallest absolute Gasteiger partial charge is 0.351 e. The summed E-state index contributed by atoms with van der Waals surface area (Å²) in [5.41, 5.74) is 0.618. The fourth-order valence-corrected chi connectivity index (χ4v) is 3.84. The van der Waals surface area contributed by atoms with Gasteiger partial charge in [0.1, 0.15) is 16.0 Å². The summed E-state index contributed by atoms with van der Waals surface area (Å²) in [4.78, 5) is 29.6. The molecule has 0 saturated carbocycles. The van der Waals surface area contributed by atoms with Crippen LogP contribution >= 0.6 is 22.7 Å². The zero-order valence-corrected chi connectivity index (χ0v) is 13.1. The van der Waals surface area contributed by atoms with Gasteiger partial charge >= 0.3 is 11.9 Å². The lowest BCUT2D eigenvalue weighted by Crippen LogP contribution is -2.22. The highest BCUT2D eigenvalue weighted by Crippen LogP contribution is 2.32. The third-order valence-electron chi connectivity index (χ3n) is 3.09. The van der Waals surface area contributed by atoms with E-state index in [0.29, 0.717) is 17.0 Å². The first-order valence-corrected chi connectivity index (χ1v) is 8.17. The summed E-state index contributed by atoms with van der Waals surface area (Å²) in [6.45, 7) is 3.54. The molecule has 0 aromatic carbocycles. The Labute approximate surface area is 129 Å². The topological polar surface area (TPSA) is 65.5 Å². The summed E-state index contributed by atoms with van der Waals surface area (Å²) in [5.74, 6) is -0.986. The first kappa shape index (κ1) is 14.2. The van der Waals surface area contributed by atoms with E-state index in [1.54, 1.807) is 25.2 Å². The van der Waals surface area contributed by atoms with Crippen molar-refractivity contribution in [1.29, 1.82) is 0 Å². The number of carbonyl (C=O) groups is 2. The van der Waals surface area contributed by atoms with E-state index in [1.165, 1.54) is 11.3 Å². The van der Waals surface area contributed by atoms with Crippen molar-refractivity contribution in [2.75, 3.05) is 0 Å². The molecule has 7 heteroatoms. The minimum Gasteiger partial charge on any atom is -0.460 e. The molecule has 0 spiro atoms. The second-order valence-electron chi connectivity index (χ2n) is 4.79. The van der Waals surface area contributed by atoms with Gasteiger partial charge in [-0.05, 0) is 25.3 Å². The minimum absolute atomic E-state index is 0.209. The van der Waals surface area contributed by atoms with E-state index in [4.69, 9.17) is 9.47 Å². The number of carbonyl (C=O) groups excluding carboxylic acids is 2. The molecule has 1 aliphatic heterocycles. The molecule has 2 aromatic heterocycles. The number of esters is 2. The first-order valence-electron chi connectivity index (χ1n) is 6.47. The number of nitrogens with zero attached hydrogens (tertiary/aromatic N) is 1. The number of hydrogen-bond acceptors (Lipinski definition) is 7. The molecule has 0 radical (unpaired) electrons. The molecule has 0 aliphatic carbocycles. The second kappa shape index (κ2) is 5.57. The lowest BCUT2D eigenvalue weighted by molar-refractivity contribution is -0.147. The highest BCUT2D eigenvalue weighted by Gasteiger charge is 2.36. The van der Waals surface area contributed by atoms with Gasteiger partial charge in [-0.15, -0.1) is 22.7 Å². The maximum atomic E-state index is 12.2. The second-order valence-corrected chi connectivity index (χ2v) is 6.73. The van der Waals surface area contributed by atoms with Crippen LogP contribution in [0.5, 0.6) is 0 Å². The minimum atomic E-state index is -0.806. The number of aryl methyl sites for hydroxylation is 1. The largest absolute Gasteiger partial charge is 0.460 e. The van der Waals surface area contributed by atoms with Gasteiger partial charge in [-0.1, -0.05) is 6.07 Å².